The summed E-state index contributed by atoms with van der Waals surface area (Å²) >= 11 is 0. The Morgan fingerprint density at radius 3 is 2.17 bits per heavy atom. The SMILES string of the molecule is Cc1ccc(NP(N)(N)=O)cc1. The summed E-state index contributed by atoms with van der Waals surface area (Å²) < 4.78 is 10.9. The second-order valence-corrected chi connectivity index (χ2v) is 4.33. The van der Waals surface area contributed by atoms with Crippen LogP contribution in [0, 0.1) is 6.92 Å². The lowest BCUT2D eigenvalue weighted by atomic mass is 10.2. The molecule has 1 rings (SSSR count). The fourth-order valence-corrected chi connectivity index (χ4v) is 1.38. The van der Waals surface area contributed by atoms with Crippen molar-refractivity contribution in [3.63, 3.8) is 0 Å². The van der Waals surface area contributed by atoms with Gasteiger partial charge in [0.05, 0.1) is 0 Å². The average Bonchev–Trinajstić information content (AvgIpc) is 1.91. The van der Waals surface area contributed by atoms with Crippen LogP contribution < -0.4 is 16.1 Å². The molecule has 0 spiro atoms. The number of hydrogen-bond donors (Lipinski definition) is 3. The van der Waals surface area contributed by atoms with Crippen molar-refractivity contribution in [1.29, 1.82) is 0 Å². The van der Waals surface area contributed by atoms with Crippen LogP contribution in [0.1, 0.15) is 5.56 Å². The van der Waals surface area contributed by atoms with Crippen molar-refractivity contribution in [2.75, 3.05) is 5.09 Å². The molecule has 0 aliphatic heterocycles. The van der Waals surface area contributed by atoms with Gasteiger partial charge in [-0.3, -0.25) is 15.6 Å². The Balaban J connectivity index is 2.78. The predicted octanol–water partition coefficient (Wildman–Crippen LogP) is 1.43. The highest BCUT2D eigenvalue weighted by Crippen LogP contribution is 2.26. The van der Waals surface area contributed by atoms with Crippen molar-refractivity contribution in [2.24, 2.45) is 11.0 Å². The van der Waals surface area contributed by atoms with Gasteiger partial charge in [-0.1, -0.05) is 17.7 Å². The number of rotatable bonds is 2. The van der Waals surface area contributed by atoms with E-state index in [1.165, 1.54) is 0 Å². The molecule has 0 atom stereocenters. The van der Waals surface area contributed by atoms with Gasteiger partial charge in [-0.2, -0.15) is 0 Å². The summed E-state index contributed by atoms with van der Waals surface area (Å²) in [5.41, 5.74) is 12.1. The van der Waals surface area contributed by atoms with E-state index in [2.05, 4.69) is 5.09 Å². The lowest BCUT2D eigenvalue weighted by Crippen LogP contribution is -2.12. The van der Waals surface area contributed by atoms with Gasteiger partial charge in [0.1, 0.15) is 0 Å². The summed E-state index contributed by atoms with van der Waals surface area (Å²) in [4.78, 5) is 0. The molecule has 0 saturated heterocycles. The van der Waals surface area contributed by atoms with Crippen molar-refractivity contribution >= 4 is 13.3 Å². The first-order chi connectivity index (χ1) is 5.47. The first kappa shape index (κ1) is 9.26. The molecular formula is C7H12N3OP. The molecule has 0 saturated carbocycles. The maximum atomic E-state index is 10.9. The Morgan fingerprint density at radius 1 is 1.25 bits per heavy atom. The Labute approximate surface area is 71.5 Å². The van der Waals surface area contributed by atoms with Gasteiger partial charge in [-0.15, -0.1) is 0 Å². The molecule has 0 fully saturated rings. The molecule has 0 amide bonds. The van der Waals surface area contributed by atoms with Crippen molar-refractivity contribution in [3.05, 3.63) is 29.8 Å². The number of aryl methyl sites for hydroxylation is 1. The van der Waals surface area contributed by atoms with Gasteiger partial charge in [0.15, 0.2) is 0 Å². The molecule has 0 unspecified atom stereocenters. The summed E-state index contributed by atoms with van der Waals surface area (Å²) in [6, 6.07) is 7.33. The number of nitrogens with two attached hydrogens (primary N) is 2. The maximum absolute atomic E-state index is 10.9. The molecule has 5 N–H and O–H groups in total. The van der Waals surface area contributed by atoms with Crippen LogP contribution in [0.3, 0.4) is 0 Å². The van der Waals surface area contributed by atoms with E-state index in [0.717, 1.165) is 5.56 Å². The van der Waals surface area contributed by atoms with Crippen molar-refractivity contribution < 1.29 is 4.57 Å². The Hall–Kier alpha value is -0.830. The lowest BCUT2D eigenvalue weighted by Gasteiger charge is -2.09. The zero-order valence-electron chi connectivity index (χ0n) is 6.82. The number of nitrogens with one attached hydrogen (secondary N) is 1. The van der Waals surface area contributed by atoms with Crippen molar-refractivity contribution in [3.8, 4) is 0 Å². The van der Waals surface area contributed by atoms with Crippen LogP contribution in [0.4, 0.5) is 5.69 Å². The number of anilines is 1. The average molecular weight is 185 g/mol. The minimum Gasteiger partial charge on any atom is -0.313 e. The zero-order chi connectivity index (χ0) is 9.19. The zero-order valence-corrected chi connectivity index (χ0v) is 7.71. The second kappa shape index (κ2) is 3.27. The van der Waals surface area contributed by atoms with E-state index in [-0.39, 0.29) is 0 Å². The number of benzene rings is 1. The summed E-state index contributed by atoms with van der Waals surface area (Å²) in [5, 5.41) is 2.52. The van der Waals surface area contributed by atoms with Crippen LogP contribution in [-0.2, 0) is 4.57 Å². The molecule has 0 aliphatic rings. The third-order valence-corrected chi connectivity index (χ3v) is 1.96. The van der Waals surface area contributed by atoms with Crippen LogP contribution in [0.25, 0.3) is 0 Å². The largest absolute Gasteiger partial charge is 0.313 e. The van der Waals surface area contributed by atoms with Crippen LogP contribution in [0.2, 0.25) is 0 Å². The van der Waals surface area contributed by atoms with E-state index in [4.69, 9.17) is 11.0 Å². The van der Waals surface area contributed by atoms with Gasteiger partial charge in [0.25, 0.3) is 7.59 Å². The van der Waals surface area contributed by atoms with Crippen LogP contribution in [0.5, 0.6) is 0 Å². The predicted molar refractivity (Wildman–Crippen MR) is 50.8 cm³/mol. The minimum absolute atomic E-state index is 0.675. The molecule has 4 nitrogen and oxygen atoms in total. The van der Waals surface area contributed by atoms with Gasteiger partial charge in [0, 0.05) is 5.69 Å². The van der Waals surface area contributed by atoms with E-state index in [0.29, 0.717) is 5.69 Å². The Kier molecular flexibility index (Phi) is 2.52. The highest BCUT2D eigenvalue weighted by Gasteiger charge is 2.06. The molecular weight excluding hydrogens is 173 g/mol. The topological polar surface area (TPSA) is 81.1 Å². The van der Waals surface area contributed by atoms with E-state index in [9.17, 15) is 4.57 Å². The van der Waals surface area contributed by atoms with Crippen molar-refractivity contribution in [1.82, 2.24) is 0 Å². The smallest absolute Gasteiger partial charge is 0.298 e. The molecule has 5 heteroatoms. The quantitative estimate of drug-likeness (QED) is 0.609. The fourth-order valence-electron chi connectivity index (χ4n) is 0.830. The molecule has 1 aromatic rings. The van der Waals surface area contributed by atoms with Gasteiger partial charge in [-0.05, 0) is 19.1 Å². The normalized spacial score (nSPS) is 11.2. The van der Waals surface area contributed by atoms with Gasteiger partial charge in [0.2, 0.25) is 0 Å². The third kappa shape index (κ3) is 3.05. The summed E-state index contributed by atoms with van der Waals surface area (Å²) in [5.74, 6) is 0. The summed E-state index contributed by atoms with van der Waals surface area (Å²) in [6.45, 7) is 1.97. The van der Waals surface area contributed by atoms with Gasteiger partial charge in [-0.25, -0.2) is 0 Å². The molecule has 0 heterocycles. The molecule has 0 aromatic heterocycles. The lowest BCUT2D eigenvalue weighted by molar-refractivity contribution is 0.580. The Morgan fingerprint density at radius 2 is 1.75 bits per heavy atom. The molecule has 12 heavy (non-hydrogen) atoms. The monoisotopic (exact) mass is 185 g/mol. The molecule has 0 bridgehead atoms. The molecule has 1 aromatic carbocycles. The maximum Gasteiger partial charge on any atom is 0.298 e. The summed E-state index contributed by atoms with van der Waals surface area (Å²) in [7, 11) is -3.15. The number of hydrogen-bond acceptors (Lipinski definition) is 1. The van der Waals surface area contributed by atoms with Gasteiger partial charge >= 0.3 is 0 Å². The Bertz CT molecular complexity index is 303. The van der Waals surface area contributed by atoms with E-state index in [1.54, 1.807) is 12.1 Å². The van der Waals surface area contributed by atoms with Crippen LogP contribution in [0.15, 0.2) is 24.3 Å². The summed E-state index contributed by atoms with van der Waals surface area (Å²) in [6.07, 6.45) is 0. The highest BCUT2D eigenvalue weighted by atomic mass is 31.2. The van der Waals surface area contributed by atoms with Crippen LogP contribution >= 0.6 is 7.59 Å². The molecule has 0 aliphatic carbocycles. The van der Waals surface area contributed by atoms with E-state index >= 15 is 0 Å². The van der Waals surface area contributed by atoms with E-state index < -0.39 is 7.59 Å². The van der Waals surface area contributed by atoms with Gasteiger partial charge < -0.3 is 5.09 Å². The fraction of sp³-hybridized carbons (Fsp3) is 0.143. The second-order valence-electron chi connectivity index (χ2n) is 2.69. The molecule has 0 radical (unpaired) electrons. The van der Waals surface area contributed by atoms with Crippen molar-refractivity contribution in [2.45, 2.75) is 6.92 Å². The minimum atomic E-state index is -3.15. The third-order valence-electron chi connectivity index (χ3n) is 1.36. The first-order valence-electron chi connectivity index (χ1n) is 3.49. The standard InChI is InChI=1S/C7H12N3OP/c1-6-2-4-7(5-3-6)10-12(8,9)11/h2-5H,1H3,(H5,8,9,10,11). The highest BCUT2D eigenvalue weighted by molar-refractivity contribution is 7.60. The first-order valence-corrected chi connectivity index (χ1v) is 5.34. The molecule has 66 valence electrons. The van der Waals surface area contributed by atoms with Crippen LogP contribution in [-0.4, -0.2) is 0 Å². The van der Waals surface area contributed by atoms with E-state index in [1.807, 2.05) is 19.1 Å².